The predicted octanol–water partition coefficient (Wildman–Crippen LogP) is 3.65. The maximum absolute atomic E-state index is 12.9. The molecule has 0 saturated heterocycles. The predicted molar refractivity (Wildman–Crippen MR) is 121 cm³/mol. The minimum atomic E-state index is -4.73. The maximum Gasteiger partial charge on any atom is 0.504 e. The Morgan fingerprint density at radius 1 is 0.758 bits per heavy atom. The van der Waals surface area contributed by atoms with E-state index in [1.165, 1.54) is 24.3 Å². The summed E-state index contributed by atoms with van der Waals surface area (Å²) in [5.74, 6) is -0.0713. The van der Waals surface area contributed by atoms with Crippen molar-refractivity contribution in [3.05, 3.63) is 54.1 Å². The number of hydrogen-bond acceptors (Lipinski definition) is 7. The summed E-state index contributed by atoms with van der Waals surface area (Å²) >= 11 is 0. The number of sulfone groups is 2. The van der Waals surface area contributed by atoms with Gasteiger partial charge < -0.3 is 15.0 Å². The first-order chi connectivity index (χ1) is 15.0. The van der Waals surface area contributed by atoms with Gasteiger partial charge in [0.25, 0.3) is 19.7 Å². The Hall–Kier alpha value is -3.01. The molecular weight excluding hydrogens is 468 g/mol. The zero-order valence-electron chi connectivity index (χ0n) is 19.2. The van der Waals surface area contributed by atoms with Gasteiger partial charge in [-0.25, -0.2) is 16.8 Å². The molecule has 0 aromatic heterocycles. The molecule has 0 radical (unpaired) electrons. The van der Waals surface area contributed by atoms with Crippen LogP contribution in [0.2, 0.25) is 0 Å². The summed E-state index contributed by atoms with van der Waals surface area (Å²) in [5.41, 5.74) is 8.03. The monoisotopic (exact) mass is 494 g/mol. The first-order valence-corrected chi connectivity index (χ1v) is 12.8. The molecule has 0 aliphatic heterocycles. The smallest absolute Gasteiger partial charge is 0.488 e. The minimum absolute atomic E-state index is 0.0775. The summed E-state index contributed by atoms with van der Waals surface area (Å²) in [6, 6.07) is 9.59. The van der Waals surface area contributed by atoms with E-state index in [0.29, 0.717) is 5.75 Å². The van der Waals surface area contributed by atoms with Gasteiger partial charge in [0, 0.05) is 0 Å². The van der Waals surface area contributed by atoms with Crippen molar-refractivity contribution in [2.24, 2.45) is 5.41 Å². The van der Waals surface area contributed by atoms with Crippen LogP contribution in [0.4, 0.5) is 0 Å². The summed E-state index contributed by atoms with van der Waals surface area (Å²) in [4.78, 5) is 13.7. The largest absolute Gasteiger partial charge is 0.504 e. The van der Waals surface area contributed by atoms with Crippen LogP contribution in [0.5, 0.6) is 11.5 Å². The molecule has 178 valence electrons. The number of carbonyl (C=O) groups excluding carboxylic acids is 1. The van der Waals surface area contributed by atoms with Crippen LogP contribution in [-0.2, 0) is 24.5 Å². The maximum atomic E-state index is 12.9. The van der Waals surface area contributed by atoms with Gasteiger partial charge in [-0.15, -0.1) is 4.79 Å². The number of hydrogen-bond donors (Lipinski definition) is 0. The van der Waals surface area contributed by atoms with Crippen LogP contribution >= 0.6 is 0 Å². The average molecular weight is 495 g/mol. The molecule has 0 bridgehead atoms. The summed E-state index contributed by atoms with van der Waals surface area (Å²) in [7, 11) is -9.42. The van der Waals surface area contributed by atoms with Crippen LogP contribution in [0.1, 0.15) is 41.5 Å². The van der Waals surface area contributed by atoms with E-state index in [9.17, 15) is 27.2 Å². The zero-order chi connectivity index (χ0) is 25.2. The molecule has 0 spiro atoms. The van der Waals surface area contributed by atoms with Crippen molar-refractivity contribution in [2.45, 2.75) is 56.9 Å². The van der Waals surface area contributed by atoms with Crippen molar-refractivity contribution in [1.82, 2.24) is 0 Å². The van der Waals surface area contributed by atoms with Gasteiger partial charge in [-0.05, 0) is 90.1 Å². The molecule has 11 heteroatoms. The van der Waals surface area contributed by atoms with Crippen LogP contribution in [-0.4, -0.2) is 37.6 Å². The third kappa shape index (κ3) is 6.28. The molecule has 0 unspecified atom stereocenters. The van der Waals surface area contributed by atoms with Gasteiger partial charge >= 0.3 is 10.3 Å². The number of esters is 1. The van der Waals surface area contributed by atoms with E-state index >= 15 is 0 Å². The van der Waals surface area contributed by atoms with Gasteiger partial charge in [0.05, 0.1) is 15.2 Å². The van der Waals surface area contributed by atoms with E-state index in [2.05, 4.69) is 4.79 Å². The van der Waals surface area contributed by atoms with Crippen LogP contribution in [0.3, 0.4) is 0 Å². The third-order valence-corrected chi connectivity index (χ3v) is 8.24. The summed E-state index contributed by atoms with van der Waals surface area (Å²) in [5, 5.41) is 0. The number of nitrogens with zero attached hydrogens (tertiary/aromatic N) is 2. The second-order valence-corrected chi connectivity index (χ2v) is 13.2. The van der Waals surface area contributed by atoms with E-state index in [1.807, 2.05) is 20.8 Å². The number of ether oxygens (including phenoxy) is 2. The molecule has 0 aliphatic carbocycles. The van der Waals surface area contributed by atoms with E-state index in [-0.39, 0.29) is 5.75 Å². The Morgan fingerprint density at radius 2 is 1.15 bits per heavy atom. The third-order valence-electron chi connectivity index (χ3n) is 4.06. The molecule has 0 N–H and O–H groups in total. The molecule has 0 amide bonds. The molecule has 2 rings (SSSR count). The van der Waals surface area contributed by atoms with Crippen molar-refractivity contribution >= 4 is 30.0 Å². The second kappa shape index (κ2) is 9.09. The van der Waals surface area contributed by atoms with Crippen molar-refractivity contribution in [1.29, 1.82) is 0 Å². The standard InChI is InChI=1S/C22H26N2O7S2/c1-21(2,3)19(25)30-15-7-11-17(12-8-15)32(26,27)20(24-23)33(28,29)18-13-9-16(10-14-18)31-22(4,5)6/h7-14H,1-6H3. The van der Waals surface area contributed by atoms with E-state index in [4.69, 9.17) is 9.47 Å². The lowest BCUT2D eigenvalue weighted by atomic mass is 9.97. The fourth-order valence-electron chi connectivity index (χ4n) is 2.44. The summed E-state index contributed by atoms with van der Waals surface area (Å²) < 4.78 is 61.1. The quantitative estimate of drug-likeness (QED) is 0.158. The second-order valence-electron chi connectivity index (χ2n) is 9.17. The van der Waals surface area contributed by atoms with Gasteiger partial charge in [0.1, 0.15) is 17.1 Å². The molecule has 0 fully saturated rings. The first kappa shape index (κ1) is 26.2. The van der Waals surface area contributed by atoms with Crippen molar-refractivity contribution in [3.63, 3.8) is 0 Å². The highest BCUT2D eigenvalue weighted by atomic mass is 32.3. The molecular formula is C22H26N2O7S2. The molecule has 2 aromatic carbocycles. The van der Waals surface area contributed by atoms with Crippen LogP contribution in [0, 0.1) is 5.41 Å². The molecule has 0 heterocycles. The fourth-order valence-corrected chi connectivity index (χ4v) is 5.78. The highest BCUT2D eigenvalue weighted by Gasteiger charge is 2.44. The average Bonchev–Trinajstić information content (AvgIpc) is 2.67. The lowest BCUT2D eigenvalue weighted by Crippen LogP contribution is -2.27. The number of rotatable bonds is 4. The van der Waals surface area contributed by atoms with Gasteiger partial charge in [-0.3, -0.25) is 4.79 Å². The Kier molecular flexibility index (Phi) is 7.23. The topological polar surface area (TPSA) is 140 Å². The zero-order valence-corrected chi connectivity index (χ0v) is 20.8. The van der Waals surface area contributed by atoms with Gasteiger partial charge in [-0.1, -0.05) is 0 Å². The molecule has 33 heavy (non-hydrogen) atoms. The number of benzene rings is 2. The Balaban J connectivity index is 2.37. The Labute approximate surface area is 193 Å². The molecule has 0 aliphatic rings. The highest BCUT2D eigenvalue weighted by molar-refractivity contribution is 8.31. The van der Waals surface area contributed by atoms with Crippen molar-refractivity contribution in [3.8, 4) is 11.5 Å². The molecule has 0 saturated carbocycles. The van der Waals surface area contributed by atoms with Gasteiger partial charge in [0.15, 0.2) is 0 Å². The fraction of sp³-hybridized carbons (Fsp3) is 0.364. The lowest BCUT2D eigenvalue weighted by Gasteiger charge is -2.21. The van der Waals surface area contributed by atoms with E-state index in [1.54, 1.807) is 20.8 Å². The van der Waals surface area contributed by atoms with E-state index in [0.717, 1.165) is 24.3 Å². The van der Waals surface area contributed by atoms with Crippen LogP contribution in [0.15, 0.2) is 58.3 Å². The van der Waals surface area contributed by atoms with Crippen molar-refractivity contribution < 1.29 is 35.9 Å². The van der Waals surface area contributed by atoms with Gasteiger partial charge in [-0.2, -0.15) is 0 Å². The molecule has 0 atom stereocenters. The Bertz CT molecular complexity index is 1290. The van der Waals surface area contributed by atoms with E-state index < -0.39 is 50.8 Å². The highest BCUT2D eigenvalue weighted by Crippen LogP contribution is 2.26. The van der Waals surface area contributed by atoms with Crippen LogP contribution in [0.25, 0.3) is 5.53 Å². The van der Waals surface area contributed by atoms with Crippen molar-refractivity contribution in [2.75, 3.05) is 0 Å². The van der Waals surface area contributed by atoms with Crippen LogP contribution < -0.4 is 9.47 Å². The number of carbonyl (C=O) groups is 1. The normalized spacial score (nSPS) is 12.5. The Morgan fingerprint density at radius 3 is 1.48 bits per heavy atom. The van der Waals surface area contributed by atoms with Gasteiger partial charge in [0.2, 0.25) is 0 Å². The molecule has 9 nitrogen and oxygen atoms in total. The first-order valence-electron chi connectivity index (χ1n) is 9.82. The summed E-state index contributed by atoms with van der Waals surface area (Å²) in [6.45, 7) is 10.4. The lowest BCUT2D eigenvalue weighted by molar-refractivity contribution is -0.143. The molecule has 2 aromatic rings. The SMILES string of the molecule is CC(C)(C)Oc1ccc(S(=O)(=O)C(=[N+]=[N-])S(=O)(=O)c2ccc(OC(=O)C(C)(C)C)cc2)cc1. The minimum Gasteiger partial charge on any atom is -0.488 e. The summed E-state index contributed by atoms with van der Waals surface area (Å²) in [6.07, 6.45) is 0.